The van der Waals surface area contributed by atoms with Crippen LogP contribution in [0.4, 0.5) is 0 Å². The molecular weight excluding hydrogens is 584 g/mol. The molecule has 2 saturated carbocycles. The van der Waals surface area contributed by atoms with Crippen molar-refractivity contribution >= 4 is 41.5 Å². The van der Waals surface area contributed by atoms with Crippen molar-refractivity contribution in [1.29, 1.82) is 0 Å². The lowest BCUT2D eigenvalue weighted by Gasteiger charge is -2.30. The fraction of sp³-hybridized carbons (Fsp3) is 0.767. The molecule has 0 spiro atoms. The largest absolute Gasteiger partial charge is 0.481 e. The first-order valence-corrected chi connectivity index (χ1v) is 16.1. The lowest BCUT2D eigenvalue weighted by atomic mass is 9.84. The Morgan fingerprint density at radius 3 is 1.64 bits per heavy atom. The van der Waals surface area contributed by atoms with Gasteiger partial charge in [-0.25, -0.2) is 0 Å². The summed E-state index contributed by atoms with van der Waals surface area (Å²) in [6.45, 7) is 1.50. The SMILES string of the molecule is CC(=O)NC(CCCN=C(N)N)C(=O)NC(CC1CCCCC1)C(=O)NC(CC(=O)O)C(=O)NC(CC1CCCCC1)C(N)=O. The van der Waals surface area contributed by atoms with Gasteiger partial charge in [-0.1, -0.05) is 64.2 Å². The zero-order valence-corrected chi connectivity index (χ0v) is 26.4. The van der Waals surface area contributed by atoms with Crippen LogP contribution in [0.3, 0.4) is 0 Å². The van der Waals surface area contributed by atoms with Gasteiger partial charge in [0.2, 0.25) is 29.5 Å². The molecular formula is C30H52N8O7. The maximum absolute atomic E-state index is 13.6. The summed E-state index contributed by atoms with van der Waals surface area (Å²) >= 11 is 0. The molecule has 0 aromatic rings. The maximum Gasteiger partial charge on any atom is 0.305 e. The minimum atomic E-state index is -1.51. The van der Waals surface area contributed by atoms with Gasteiger partial charge >= 0.3 is 5.97 Å². The number of aliphatic imine (C=N–C) groups is 1. The Labute approximate surface area is 264 Å². The number of guanidine groups is 1. The summed E-state index contributed by atoms with van der Waals surface area (Å²) in [7, 11) is 0. The molecule has 0 aromatic carbocycles. The molecule has 0 saturated heterocycles. The second-order valence-corrected chi connectivity index (χ2v) is 12.4. The van der Waals surface area contributed by atoms with Gasteiger partial charge in [0.05, 0.1) is 6.42 Å². The van der Waals surface area contributed by atoms with Crippen LogP contribution in [0.1, 0.15) is 103 Å². The van der Waals surface area contributed by atoms with E-state index < -0.39 is 66.1 Å². The van der Waals surface area contributed by atoms with Gasteiger partial charge in [0.1, 0.15) is 24.2 Å². The highest BCUT2D eigenvalue weighted by atomic mass is 16.4. The van der Waals surface area contributed by atoms with Crippen molar-refractivity contribution in [2.45, 2.75) is 127 Å². The molecule has 0 aliphatic heterocycles. The quantitative estimate of drug-likeness (QED) is 0.0566. The van der Waals surface area contributed by atoms with E-state index >= 15 is 0 Å². The molecule has 2 aliphatic carbocycles. The molecule has 0 aromatic heterocycles. The number of carboxylic acid groups (broad SMARTS) is 1. The van der Waals surface area contributed by atoms with Crippen LogP contribution in [0.15, 0.2) is 4.99 Å². The van der Waals surface area contributed by atoms with Gasteiger partial charge < -0.3 is 43.6 Å². The van der Waals surface area contributed by atoms with Crippen molar-refractivity contribution in [3.05, 3.63) is 0 Å². The Kier molecular flexibility index (Phi) is 16.1. The minimum Gasteiger partial charge on any atom is -0.481 e. The fourth-order valence-electron chi connectivity index (χ4n) is 6.21. The predicted molar refractivity (Wildman–Crippen MR) is 167 cm³/mol. The minimum absolute atomic E-state index is 0.101. The van der Waals surface area contributed by atoms with Gasteiger partial charge in [-0.15, -0.1) is 0 Å². The topological polar surface area (TPSA) is 261 Å². The summed E-state index contributed by atoms with van der Waals surface area (Å²) in [6, 6.07) is -4.61. The van der Waals surface area contributed by atoms with Crippen LogP contribution in [-0.4, -0.2) is 77.3 Å². The summed E-state index contributed by atoms with van der Waals surface area (Å²) in [5.74, 6) is -4.47. The van der Waals surface area contributed by atoms with Crippen molar-refractivity contribution in [3.8, 4) is 0 Å². The Morgan fingerprint density at radius 2 is 1.16 bits per heavy atom. The number of aliphatic carboxylic acids is 1. The highest BCUT2D eigenvalue weighted by molar-refractivity contribution is 5.96. The fourth-order valence-corrected chi connectivity index (χ4v) is 6.21. The van der Waals surface area contributed by atoms with Crippen LogP contribution in [0.5, 0.6) is 0 Å². The van der Waals surface area contributed by atoms with Gasteiger partial charge in [-0.05, 0) is 37.5 Å². The van der Waals surface area contributed by atoms with Gasteiger partial charge in [0.15, 0.2) is 5.96 Å². The molecule has 4 atom stereocenters. The third-order valence-corrected chi connectivity index (χ3v) is 8.53. The maximum atomic E-state index is 13.6. The molecule has 45 heavy (non-hydrogen) atoms. The summed E-state index contributed by atoms with van der Waals surface area (Å²) < 4.78 is 0. The summed E-state index contributed by atoms with van der Waals surface area (Å²) in [5.41, 5.74) is 16.3. The van der Waals surface area contributed by atoms with Gasteiger partial charge in [0.25, 0.3) is 0 Å². The first-order valence-electron chi connectivity index (χ1n) is 16.1. The Hall–Kier alpha value is -3.91. The lowest BCUT2D eigenvalue weighted by molar-refractivity contribution is -0.141. The van der Waals surface area contributed by atoms with Gasteiger partial charge in [-0.3, -0.25) is 33.8 Å². The number of amides is 5. The molecule has 2 fully saturated rings. The van der Waals surface area contributed by atoms with E-state index in [-0.39, 0.29) is 37.2 Å². The molecule has 15 heteroatoms. The van der Waals surface area contributed by atoms with Gasteiger partial charge in [0, 0.05) is 13.5 Å². The van der Waals surface area contributed by atoms with Crippen molar-refractivity contribution in [2.24, 2.45) is 34.0 Å². The van der Waals surface area contributed by atoms with Crippen LogP contribution in [-0.2, 0) is 28.8 Å². The smallest absolute Gasteiger partial charge is 0.305 e. The van der Waals surface area contributed by atoms with E-state index in [4.69, 9.17) is 17.2 Å². The lowest BCUT2D eigenvalue weighted by Crippen LogP contribution is -2.58. The van der Waals surface area contributed by atoms with Crippen molar-refractivity contribution in [1.82, 2.24) is 21.3 Å². The van der Waals surface area contributed by atoms with Crippen LogP contribution in [0, 0.1) is 11.8 Å². The number of carbonyl (C=O) groups is 6. The van der Waals surface area contributed by atoms with E-state index in [1.807, 2.05) is 0 Å². The van der Waals surface area contributed by atoms with Crippen LogP contribution in [0.2, 0.25) is 0 Å². The zero-order chi connectivity index (χ0) is 33.4. The van der Waals surface area contributed by atoms with Crippen LogP contribution < -0.4 is 38.5 Å². The predicted octanol–water partition coefficient (Wildman–Crippen LogP) is -0.100. The van der Waals surface area contributed by atoms with E-state index in [1.54, 1.807) is 0 Å². The number of rotatable bonds is 18. The Balaban J connectivity index is 2.20. The molecule has 4 unspecified atom stereocenters. The second kappa shape index (κ2) is 19.5. The number of primary amides is 1. The third kappa shape index (κ3) is 14.6. The van der Waals surface area contributed by atoms with Crippen LogP contribution in [0.25, 0.3) is 0 Å². The van der Waals surface area contributed by atoms with Crippen molar-refractivity contribution in [3.63, 3.8) is 0 Å². The number of carbonyl (C=O) groups excluding carboxylic acids is 5. The third-order valence-electron chi connectivity index (χ3n) is 8.53. The number of hydrogen-bond acceptors (Lipinski definition) is 7. The highest BCUT2D eigenvalue weighted by Crippen LogP contribution is 2.28. The Morgan fingerprint density at radius 1 is 0.689 bits per heavy atom. The van der Waals surface area contributed by atoms with Crippen molar-refractivity contribution in [2.75, 3.05) is 6.54 Å². The average molecular weight is 637 g/mol. The molecule has 2 aliphatic rings. The molecule has 2 rings (SSSR count). The first-order chi connectivity index (χ1) is 21.3. The number of carboxylic acids is 1. The van der Waals surface area contributed by atoms with Crippen LogP contribution >= 0.6 is 0 Å². The summed E-state index contributed by atoms with van der Waals surface area (Å²) in [5, 5.41) is 19.9. The summed E-state index contributed by atoms with van der Waals surface area (Å²) in [4.78, 5) is 79.9. The molecule has 5 amide bonds. The van der Waals surface area contributed by atoms with E-state index in [0.717, 1.165) is 64.2 Å². The molecule has 254 valence electrons. The van der Waals surface area contributed by atoms with E-state index in [1.165, 1.54) is 6.92 Å². The van der Waals surface area contributed by atoms with Gasteiger partial charge in [-0.2, -0.15) is 0 Å². The average Bonchev–Trinajstić information content (AvgIpc) is 2.98. The molecule has 0 heterocycles. The first kappa shape index (κ1) is 37.3. The summed E-state index contributed by atoms with van der Waals surface area (Å²) in [6.07, 6.45) is 10.1. The second-order valence-electron chi connectivity index (χ2n) is 12.4. The molecule has 11 N–H and O–H groups in total. The molecule has 0 radical (unpaired) electrons. The van der Waals surface area contributed by atoms with E-state index in [9.17, 15) is 33.9 Å². The number of nitrogens with two attached hydrogens (primary N) is 3. The van der Waals surface area contributed by atoms with Crippen molar-refractivity contribution < 1.29 is 33.9 Å². The molecule has 0 bridgehead atoms. The number of nitrogens with one attached hydrogen (secondary N) is 4. The standard InChI is InChI=1S/C30H52N8O7/c1-18(39)35-21(13-8-14-34-30(32)33)27(43)37-23(16-20-11-6-3-7-12-20)28(44)38-24(17-25(40)41)29(45)36-22(26(31)42)15-19-9-4-2-5-10-19/h19-24H,2-17H2,1H3,(H2,31,42)(H,35,39)(H,36,45)(H,37,43)(H,38,44)(H,40,41)(H4,32,33,34). The zero-order valence-electron chi connectivity index (χ0n) is 26.4. The normalized spacial score (nSPS) is 18.3. The number of hydrogen-bond donors (Lipinski definition) is 8. The Bertz CT molecular complexity index is 1050. The van der Waals surface area contributed by atoms with E-state index in [2.05, 4.69) is 26.3 Å². The monoisotopic (exact) mass is 636 g/mol. The highest BCUT2D eigenvalue weighted by Gasteiger charge is 2.34. The molecule has 15 nitrogen and oxygen atoms in total. The van der Waals surface area contributed by atoms with E-state index in [0.29, 0.717) is 12.8 Å². The number of nitrogens with zero attached hydrogens (tertiary/aromatic N) is 1.